The molecule has 1 aromatic carbocycles. The Morgan fingerprint density at radius 1 is 1.20 bits per heavy atom. The molecule has 2 heterocycles. The summed E-state index contributed by atoms with van der Waals surface area (Å²) in [6, 6.07) is 8.03. The molecule has 4 nitrogen and oxygen atoms in total. The monoisotopic (exact) mass is 277 g/mol. The zero-order valence-electron chi connectivity index (χ0n) is 11.8. The second-order valence-corrected chi connectivity index (χ2v) is 6.06. The SMILES string of the molecule is NCC1(C2(O)CCCOCC2)COc2ccccc2C1. The van der Waals surface area contributed by atoms with Crippen LogP contribution in [-0.2, 0) is 11.2 Å². The lowest BCUT2D eigenvalue weighted by atomic mass is 9.64. The maximum atomic E-state index is 11.2. The molecule has 2 aliphatic rings. The minimum Gasteiger partial charge on any atom is -0.493 e. The third-order valence-electron chi connectivity index (χ3n) is 4.92. The van der Waals surface area contributed by atoms with E-state index in [2.05, 4.69) is 6.07 Å². The number of ether oxygens (including phenoxy) is 2. The molecule has 0 saturated carbocycles. The number of aliphatic hydroxyl groups is 1. The molecule has 3 N–H and O–H groups in total. The van der Waals surface area contributed by atoms with Crippen molar-refractivity contribution >= 4 is 0 Å². The van der Waals surface area contributed by atoms with E-state index in [4.69, 9.17) is 15.2 Å². The summed E-state index contributed by atoms with van der Waals surface area (Å²) in [5.74, 6) is 0.921. The van der Waals surface area contributed by atoms with E-state index in [9.17, 15) is 5.11 Å². The minimum absolute atomic E-state index is 0.408. The lowest BCUT2D eigenvalue weighted by molar-refractivity contribution is -0.117. The Kier molecular flexibility index (Phi) is 3.71. The Hall–Kier alpha value is -1.10. The Bertz CT molecular complexity index is 469. The average Bonchev–Trinajstić information content (AvgIpc) is 2.72. The fraction of sp³-hybridized carbons (Fsp3) is 0.625. The van der Waals surface area contributed by atoms with Crippen LogP contribution in [-0.4, -0.2) is 37.1 Å². The zero-order chi connectivity index (χ0) is 14.1. The van der Waals surface area contributed by atoms with Gasteiger partial charge in [-0.15, -0.1) is 0 Å². The highest BCUT2D eigenvalue weighted by atomic mass is 16.5. The van der Waals surface area contributed by atoms with Gasteiger partial charge in [0.25, 0.3) is 0 Å². The molecule has 0 aromatic heterocycles. The number of nitrogens with two attached hydrogens (primary N) is 1. The summed E-state index contributed by atoms with van der Waals surface area (Å²) >= 11 is 0. The number of hydrogen-bond acceptors (Lipinski definition) is 4. The summed E-state index contributed by atoms with van der Waals surface area (Å²) in [6.45, 7) is 2.23. The Labute approximate surface area is 119 Å². The summed E-state index contributed by atoms with van der Waals surface area (Å²) < 4.78 is 11.4. The summed E-state index contributed by atoms with van der Waals surface area (Å²) in [5, 5.41) is 11.2. The van der Waals surface area contributed by atoms with Gasteiger partial charge in [0, 0.05) is 31.6 Å². The average molecular weight is 277 g/mol. The Morgan fingerprint density at radius 3 is 2.90 bits per heavy atom. The van der Waals surface area contributed by atoms with Crippen LogP contribution in [0.2, 0.25) is 0 Å². The molecule has 0 bridgehead atoms. The standard InChI is InChI=1S/C16H23NO3/c17-11-15(16(18)6-3-8-19-9-7-16)10-13-4-1-2-5-14(13)20-12-15/h1-2,4-5,18H,3,6-12,17H2. The fourth-order valence-corrected chi connectivity index (χ4v) is 3.51. The van der Waals surface area contributed by atoms with Gasteiger partial charge in [0.2, 0.25) is 0 Å². The molecule has 2 unspecified atom stereocenters. The molecule has 20 heavy (non-hydrogen) atoms. The maximum Gasteiger partial charge on any atom is 0.122 e. The van der Waals surface area contributed by atoms with Crippen LogP contribution in [0.1, 0.15) is 24.8 Å². The van der Waals surface area contributed by atoms with E-state index in [0.717, 1.165) is 37.2 Å². The van der Waals surface area contributed by atoms with E-state index in [-0.39, 0.29) is 0 Å². The van der Waals surface area contributed by atoms with Crippen molar-refractivity contribution in [3.05, 3.63) is 29.8 Å². The molecular formula is C16H23NO3. The van der Waals surface area contributed by atoms with E-state index in [1.807, 2.05) is 18.2 Å². The molecule has 1 aromatic rings. The van der Waals surface area contributed by atoms with Crippen LogP contribution in [0.4, 0.5) is 0 Å². The van der Waals surface area contributed by atoms with Gasteiger partial charge in [-0.3, -0.25) is 0 Å². The van der Waals surface area contributed by atoms with Crippen molar-refractivity contribution in [2.45, 2.75) is 31.3 Å². The van der Waals surface area contributed by atoms with Gasteiger partial charge in [-0.05, 0) is 30.9 Å². The molecule has 2 atom stereocenters. The van der Waals surface area contributed by atoms with Crippen LogP contribution >= 0.6 is 0 Å². The molecule has 0 amide bonds. The molecule has 0 spiro atoms. The van der Waals surface area contributed by atoms with Crippen molar-refractivity contribution in [1.82, 2.24) is 0 Å². The van der Waals surface area contributed by atoms with Crippen molar-refractivity contribution in [3.63, 3.8) is 0 Å². The van der Waals surface area contributed by atoms with Gasteiger partial charge in [0.1, 0.15) is 5.75 Å². The Morgan fingerprint density at radius 2 is 2.05 bits per heavy atom. The van der Waals surface area contributed by atoms with Crippen LogP contribution in [0.15, 0.2) is 24.3 Å². The molecule has 0 aliphatic carbocycles. The third-order valence-corrected chi connectivity index (χ3v) is 4.92. The number of rotatable bonds is 2. The summed E-state index contributed by atoms with van der Waals surface area (Å²) in [6.07, 6.45) is 3.02. The van der Waals surface area contributed by atoms with Crippen LogP contribution in [0.3, 0.4) is 0 Å². The van der Waals surface area contributed by atoms with Crippen molar-refractivity contribution in [2.24, 2.45) is 11.1 Å². The third kappa shape index (κ3) is 2.22. The first-order chi connectivity index (χ1) is 9.69. The maximum absolute atomic E-state index is 11.2. The van der Waals surface area contributed by atoms with Crippen molar-refractivity contribution in [1.29, 1.82) is 0 Å². The topological polar surface area (TPSA) is 64.7 Å². The minimum atomic E-state index is -0.800. The van der Waals surface area contributed by atoms with E-state index in [1.54, 1.807) is 0 Å². The number of hydrogen-bond donors (Lipinski definition) is 2. The zero-order valence-corrected chi connectivity index (χ0v) is 11.8. The van der Waals surface area contributed by atoms with Crippen LogP contribution < -0.4 is 10.5 Å². The molecular weight excluding hydrogens is 254 g/mol. The largest absolute Gasteiger partial charge is 0.493 e. The summed E-state index contributed by atoms with van der Waals surface area (Å²) in [7, 11) is 0. The normalized spacial score (nSPS) is 33.9. The van der Waals surface area contributed by atoms with Crippen molar-refractivity contribution in [3.8, 4) is 5.75 Å². The van der Waals surface area contributed by atoms with Gasteiger partial charge in [-0.1, -0.05) is 18.2 Å². The highest BCUT2D eigenvalue weighted by Gasteiger charge is 2.51. The Balaban J connectivity index is 1.92. The van der Waals surface area contributed by atoms with E-state index in [1.165, 1.54) is 0 Å². The first-order valence-electron chi connectivity index (χ1n) is 7.40. The first kappa shape index (κ1) is 13.9. The lowest BCUT2D eigenvalue weighted by Gasteiger charge is -2.48. The van der Waals surface area contributed by atoms with E-state index < -0.39 is 11.0 Å². The number of para-hydroxylation sites is 1. The first-order valence-corrected chi connectivity index (χ1v) is 7.40. The van der Waals surface area contributed by atoms with Crippen LogP contribution in [0.25, 0.3) is 0 Å². The summed E-state index contributed by atoms with van der Waals surface area (Å²) in [5.41, 5.74) is 6.02. The molecule has 1 fully saturated rings. The lowest BCUT2D eigenvalue weighted by Crippen LogP contribution is -2.58. The van der Waals surface area contributed by atoms with Gasteiger partial charge in [0.15, 0.2) is 0 Å². The highest BCUT2D eigenvalue weighted by molar-refractivity contribution is 5.37. The van der Waals surface area contributed by atoms with Crippen molar-refractivity contribution in [2.75, 3.05) is 26.4 Å². The van der Waals surface area contributed by atoms with Gasteiger partial charge in [0.05, 0.1) is 12.2 Å². The smallest absolute Gasteiger partial charge is 0.122 e. The van der Waals surface area contributed by atoms with Gasteiger partial charge < -0.3 is 20.3 Å². The van der Waals surface area contributed by atoms with Crippen molar-refractivity contribution < 1.29 is 14.6 Å². The predicted octanol–water partition coefficient (Wildman–Crippen LogP) is 1.50. The quantitative estimate of drug-likeness (QED) is 0.860. The molecule has 2 aliphatic heterocycles. The number of fused-ring (bicyclic) bond motifs is 1. The fourth-order valence-electron chi connectivity index (χ4n) is 3.51. The van der Waals surface area contributed by atoms with E-state index in [0.29, 0.717) is 26.2 Å². The van der Waals surface area contributed by atoms with Gasteiger partial charge in [-0.25, -0.2) is 0 Å². The predicted molar refractivity (Wildman–Crippen MR) is 76.7 cm³/mol. The molecule has 0 radical (unpaired) electrons. The van der Waals surface area contributed by atoms with E-state index >= 15 is 0 Å². The molecule has 110 valence electrons. The number of benzene rings is 1. The van der Waals surface area contributed by atoms with Crippen LogP contribution in [0, 0.1) is 5.41 Å². The van der Waals surface area contributed by atoms with Gasteiger partial charge in [-0.2, -0.15) is 0 Å². The second kappa shape index (κ2) is 5.35. The molecule has 4 heteroatoms. The van der Waals surface area contributed by atoms with Crippen LogP contribution in [0.5, 0.6) is 5.75 Å². The molecule has 3 rings (SSSR count). The highest BCUT2D eigenvalue weighted by Crippen LogP contribution is 2.45. The molecule has 1 saturated heterocycles. The summed E-state index contributed by atoms with van der Waals surface area (Å²) in [4.78, 5) is 0. The van der Waals surface area contributed by atoms with Gasteiger partial charge >= 0.3 is 0 Å². The second-order valence-electron chi connectivity index (χ2n) is 6.06.